The molecule has 170 valence electrons. The summed E-state index contributed by atoms with van der Waals surface area (Å²) in [5.74, 6) is -0.350. The lowest BCUT2D eigenvalue weighted by atomic mass is 9.61. The molecule has 1 aliphatic carbocycles. The second-order valence-electron chi connectivity index (χ2n) is 9.42. The highest BCUT2D eigenvalue weighted by atomic mass is 16.5. The second-order valence-corrected chi connectivity index (χ2v) is 9.42. The molecule has 1 fully saturated rings. The van der Waals surface area contributed by atoms with Crippen LogP contribution < -0.4 is 0 Å². The highest BCUT2D eigenvalue weighted by Crippen LogP contribution is 2.47. The summed E-state index contributed by atoms with van der Waals surface area (Å²) < 4.78 is 5.39. The largest absolute Gasteiger partial charge is 0.462 e. The molecule has 4 nitrogen and oxygen atoms in total. The van der Waals surface area contributed by atoms with E-state index in [1.165, 1.54) is 6.92 Å². The van der Waals surface area contributed by atoms with Crippen LogP contribution in [0.4, 0.5) is 0 Å². The number of ether oxygens (including phenoxy) is 1. The smallest absolute Gasteiger partial charge is 0.302 e. The van der Waals surface area contributed by atoms with Gasteiger partial charge in [-0.05, 0) is 45.1 Å². The number of allylic oxidation sites excluding steroid dienone is 11. The van der Waals surface area contributed by atoms with Crippen molar-refractivity contribution < 1.29 is 19.4 Å². The molecule has 0 spiro atoms. The first kappa shape index (κ1) is 26.6. The van der Waals surface area contributed by atoms with E-state index in [1.807, 2.05) is 63.3 Å². The lowest BCUT2D eigenvalue weighted by Crippen LogP contribution is -2.51. The Balaban J connectivity index is 2.81. The van der Waals surface area contributed by atoms with Gasteiger partial charge in [0.05, 0.1) is 5.60 Å². The van der Waals surface area contributed by atoms with E-state index in [0.29, 0.717) is 12.0 Å². The van der Waals surface area contributed by atoms with Gasteiger partial charge in [-0.15, -0.1) is 0 Å². The van der Waals surface area contributed by atoms with E-state index < -0.39 is 5.60 Å². The van der Waals surface area contributed by atoms with Gasteiger partial charge in [-0.25, -0.2) is 0 Å². The Morgan fingerprint density at radius 2 is 1.42 bits per heavy atom. The monoisotopic (exact) mass is 426 g/mol. The zero-order valence-electron chi connectivity index (χ0n) is 20.0. The standard InChI is InChI=1S/C27H38O4/c1-20(11-8-9-12-22(3)19-28)13-10-14-21(2)15-16-25-26(5,6)17-24(31-23(4)29)18-27(25,7)30/h8-16,19,24-25,30H,17-18H2,1-7H3/b9-8+,13-10+,16-15+,20-11+,21-14+,22-12+/t24-,25?,27+/m0/s1. The zero-order valence-corrected chi connectivity index (χ0v) is 20.0. The van der Waals surface area contributed by atoms with Crippen LogP contribution in [0.2, 0.25) is 0 Å². The van der Waals surface area contributed by atoms with E-state index in [4.69, 9.17) is 4.74 Å². The molecule has 0 radical (unpaired) electrons. The maximum absolute atomic E-state index is 11.3. The van der Waals surface area contributed by atoms with Crippen molar-refractivity contribution in [2.45, 2.75) is 73.0 Å². The number of hydrogen-bond acceptors (Lipinski definition) is 4. The van der Waals surface area contributed by atoms with Crippen LogP contribution in [0.5, 0.6) is 0 Å². The van der Waals surface area contributed by atoms with Gasteiger partial charge in [-0.2, -0.15) is 0 Å². The number of rotatable bonds is 8. The van der Waals surface area contributed by atoms with E-state index in [0.717, 1.165) is 23.9 Å². The van der Waals surface area contributed by atoms with Gasteiger partial charge in [-0.3, -0.25) is 9.59 Å². The van der Waals surface area contributed by atoms with Gasteiger partial charge in [0.25, 0.3) is 0 Å². The van der Waals surface area contributed by atoms with Crippen molar-refractivity contribution in [3.8, 4) is 0 Å². The number of aliphatic hydroxyl groups is 1. The minimum atomic E-state index is -0.948. The van der Waals surface area contributed by atoms with Gasteiger partial charge in [0, 0.05) is 19.3 Å². The van der Waals surface area contributed by atoms with Gasteiger partial charge >= 0.3 is 5.97 Å². The van der Waals surface area contributed by atoms with Crippen molar-refractivity contribution in [1.82, 2.24) is 0 Å². The molecular formula is C27H38O4. The Bertz CT molecular complexity index is 798. The fourth-order valence-electron chi connectivity index (χ4n) is 4.17. The molecule has 0 bridgehead atoms. The molecule has 3 atom stereocenters. The molecule has 0 heterocycles. The predicted octanol–water partition coefficient (Wildman–Crippen LogP) is 5.81. The molecule has 1 N–H and O–H groups in total. The average molecular weight is 427 g/mol. The molecular weight excluding hydrogens is 388 g/mol. The molecule has 31 heavy (non-hydrogen) atoms. The van der Waals surface area contributed by atoms with Crippen molar-refractivity contribution >= 4 is 12.3 Å². The minimum absolute atomic E-state index is 0.0474. The Morgan fingerprint density at radius 1 is 0.871 bits per heavy atom. The summed E-state index contributed by atoms with van der Waals surface area (Å²) in [6.45, 7) is 13.3. The van der Waals surface area contributed by atoms with Crippen LogP contribution in [0, 0.1) is 11.3 Å². The van der Waals surface area contributed by atoms with E-state index in [2.05, 4.69) is 19.9 Å². The molecule has 0 amide bonds. The number of carbonyl (C=O) groups is 2. The van der Waals surface area contributed by atoms with Crippen LogP contribution in [0.3, 0.4) is 0 Å². The molecule has 0 aromatic rings. The molecule has 0 aliphatic heterocycles. The second kappa shape index (κ2) is 11.8. The molecule has 1 unspecified atom stereocenters. The highest BCUT2D eigenvalue weighted by Gasteiger charge is 2.48. The Morgan fingerprint density at radius 3 is 1.97 bits per heavy atom. The van der Waals surface area contributed by atoms with E-state index in [1.54, 1.807) is 13.0 Å². The quantitative estimate of drug-likeness (QED) is 0.230. The zero-order chi connectivity index (χ0) is 23.7. The molecule has 0 saturated heterocycles. The topological polar surface area (TPSA) is 63.6 Å². The third-order valence-electron chi connectivity index (χ3n) is 5.52. The van der Waals surface area contributed by atoms with Gasteiger partial charge in [0.2, 0.25) is 0 Å². The SMILES string of the molecule is CC(=O)O[C@H]1CC(C)(C)C(/C=C/C(C)=C/C=C/C(C)=C/C=C/C=C(\C)C=O)[C@](C)(O)C1. The van der Waals surface area contributed by atoms with Crippen molar-refractivity contribution in [1.29, 1.82) is 0 Å². The Kier molecular flexibility index (Phi) is 10.1. The van der Waals surface area contributed by atoms with E-state index in [9.17, 15) is 14.7 Å². The first-order valence-corrected chi connectivity index (χ1v) is 10.8. The first-order valence-electron chi connectivity index (χ1n) is 10.8. The average Bonchev–Trinajstić information content (AvgIpc) is 2.62. The lowest BCUT2D eigenvalue weighted by Gasteiger charge is -2.49. The normalized spacial score (nSPS) is 27.9. The number of carbonyl (C=O) groups excluding carboxylic acids is 2. The predicted molar refractivity (Wildman–Crippen MR) is 127 cm³/mol. The van der Waals surface area contributed by atoms with E-state index >= 15 is 0 Å². The van der Waals surface area contributed by atoms with Crippen molar-refractivity contribution in [2.75, 3.05) is 0 Å². The van der Waals surface area contributed by atoms with Gasteiger partial charge < -0.3 is 9.84 Å². The third-order valence-corrected chi connectivity index (χ3v) is 5.52. The maximum atomic E-state index is 11.3. The summed E-state index contributed by atoms with van der Waals surface area (Å²) in [4.78, 5) is 21.9. The number of aldehydes is 1. The minimum Gasteiger partial charge on any atom is -0.462 e. The van der Waals surface area contributed by atoms with Crippen LogP contribution >= 0.6 is 0 Å². The summed E-state index contributed by atoms with van der Waals surface area (Å²) in [7, 11) is 0. The van der Waals surface area contributed by atoms with Crippen LogP contribution in [0.15, 0.2) is 71.4 Å². The van der Waals surface area contributed by atoms with Crippen LogP contribution in [0.25, 0.3) is 0 Å². The van der Waals surface area contributed by atoms with Gasteiger partial charge in [-0.1, -0.05) is 79.7 Å². The van der Waals surface area contributed by atoms with Crippen LogP contribution in [-0.2, 0) is 14.3 Å². The fraction of sp³-hybridized carbons (Fsp3) is 0.481. The third kappa shape index (κ3) is 9.48. The lowest BCUT2D eigenvalue weighted by molar-refractivity contribution is -0.163. The van der Waals surface area contributed by atoms with Gasteiger partial charge in [0.15, 0.2) is 0 Å². The fourth-order valence-corrected chi connectivity index (χ4v) is 4.17. The summed E-state index contributed by atoms with van der Waals surface area (Å²) >= 11 is 0. The Hall–Kier alpha value is -2.46. The van der Waals surface area contributed by atoms with Crippen LogP contribution in [-0.4, -0.2) is 29.1 Å². The number of hydrogen-bond donors (Lipinski definition) is 1. The summed E-state index contributed by atoms with van der Waals surface area (Å²) in [6, 6.07) is 0. The molecule has 4 heteroatoms. The molecule has 1 aliphatic rings. The summed E-state index contributed by atoms with van der Waals surface area (Å²) in [5.41, 5.74) is 1.71. The van der Waals surface area contributed by atoms with Gasteiger partial charge in [0.1, 0.15) is 12.4 Å². The maximum Gasteiger partial charge on any atom is 0.302 e. The molecule has 0 aromatic heterocycles. The summed E-state index contributed by atoms with van der Waals surface area (Å²) in [5, 5.41) is 11.1. The molecule has 1 saturated carbocycles. The van der Waals surface area contributed by atoms with Crippen molar-refractivity contribution in [3.05, 3.63) is 71.4 Å². The first-order chi connectivity index (χ1) is 14.4. The number of esters is 1. The highest BCUT2D eigenvalue weighted by molar-refractivity contribution is 5.72. The summed E-state index contributed by atoms with van der Waals surface area (Å²) in [6.07, 6.45) is 19.4. The molecule has 1 rings (SSSR count). The van der Waals surface area contributed by atoms with Crippen molar-refractivity contribution in [3.63, 3.8) is 0 Å². The van der Waals surface area contributed by atoms with E-state index in [-0.39, 0.29) is 23.4 Å². The van der Waals surface area contributed by atoms with Crippen LogP contribution in [0.1, 0.15) is 61.3 Å². The van der Waals surface area contributed by atoms with Crippen molar-refractivity contribution in [2.24, 2.45) is 11.3 Å². The molecule has 0 aromatic carbocycles. The Labute approximate surface area is 187 Å².